The lowest BCUT2D eigenvalue weighted by molar-refractivity contribution is -0.135. The number of H-pyrrole nitrogens is 1. The molecule has 2 aromatic rings. The van der Waals surface area contributed by atoms with Crippen LogP contribution in [0, 0.1) is 0 Å². The first-order valence-electron chi connectivity index (χ1n) is 6.76. The second-order valence-electron chi connectivity index (χ2n) is 4.55. The number of aliphatic carboxylic acids is 1. The lowest BCUT2D eigenvalue weighted by Gasteiger charge is -2.09. The van der Waals surface area contributed by atoms with Crippen molar-refractivity contribution in [3.05, 3.63) is 28.2 Å². The summed E-state index contributed by atoms with van der Waals surface area (Å²) in [6.45, 7) is 1.86. The molecular weight excluding hydrogens is 292 g/mol. The van der Waals surface area contributed by atoms with Crippen molar-refractivity contribution in [1.29, 1.82) is 0 Å². The predicted octanol–water partition coefficient (Wildman–Crippen LogP) is 0.0159. The van der Waals surface area contributed by atoms with Gasteiger partial charge in [0.05, 0.1) is 6.61 Å². The number of hydrogen-bond donors (Lipinski definition) is 3. The number of unbranched alkanes of at least 4 members (excludes halogenated alkanes) is 1. The largest absolute Gasteiger partial charge is 0.480 e. The highest BCUT2D eigenvalue weighted by Crippen LogP contribution is 2.13. The highest BCUT2D eigenvalue weighted by atomic mass is 16.5. The van der Waals surface area contributed by atoms with E-state index in [0.717, 1.165) is 12.8 Å². The van der Waals surface area contributed by atoms with E-state index in [1.54, 1.807) is 0 Å². The van der Waals surface area contributed by atoms with Crippen molar-refractivity contribution >= 4 is 17.5 Å². The van der Waals surface area contributed by atoms with Gasteiger partial charge in [-0.05, 0) is 6.42 Å². The number of rotatable bonds is 7. The van der Waals surface area contributed by atoms with Gasteiger partial charge in [0, 0.05) is 6.07 Å². The van der Waals surface area contributed by atoms with Crippen molar-refractivity contribution in [2.45, 2.75) is 19.8 Å². The smallest absolute Gasteiger partial charge is 0.322 e. The number of ether oxygens (including phenoxy) is 1. The Bertz CT molecular complexity index is 748. The van der Waals surface area contributed by atoms with Crippen LogP contribution in [0.15, 0.2) is 17.2 Å². The summed E-state index contributed by atoms with van der Waals surface area (Å²) in [5, 5.41) is 13.5. The number of carboxylic acid groups (broad SMARTS) is 1. The molecule has 0 atom stereocenters. The molecule has 0 aromatic carbocycles. The number of pyridine rings is 1. The van der Waals surface area contributed by atoms with Gasteiger partial charge >= 0.3 is 5.97 Å². The fourth-order valence-corrected chi connectivity index (χ4v) is 1.86. The fourth-order valence-electron chi connectivity index (χ4n) is 1.86. The second kappa shape index (κ2) is 6.74. The monoisotopic (exact) mass is 308 g/mol. The molecule has 0 radical (unpaired) electrons. The molecule has 0 aliphatic heterocycles. The van der Waals surface area contributed by atoms with Crippen molar-refractivity contribution in [1.82, 2.24) is 19.9 Å². The molecule has 0 aliphatic carbocycles. The van der Waals surface area contributed by atoms with Crippen LogP contribution in [0.5, 0.6) is 5.88 Å². The van der Waals surface area contributed by atoms with Gasteiger partial charge < -0.3 is 15.2 Å². The lowest BCUT2D eigenvalue weighted by atomic mass is 10.2. The summed E-state index contributed by atoms with van der Waals surface area (Å²) >= 11 is 0. The van der Waals surface area contributed by atoms with Crippen LogP contribution in [-0.4, -0.2) is 44.7 Å². The summed E-state index contributed by atoms with van der Waals surface area (Å²) in [6.07, 6.45) is 3.08. The molecule has 1 amide bonds. The topological polar surface area (TPSA) is 126 Å². The Morgan fingerprint density at radius 3 is 2.95 bits per heavy atom. The van der Waals surface area contributed by atoms with Gasteiger partial charge in [-0.1, -0.05) is 13.3 Å². The van der Waals surface area contributed by atoms with Gasteiger partial charge in [-0.25, -0.2) is 9.50 Å². The van der Waals surface area contributed by atoms with Crippen LogP contribution >= 0.6 is 0 Å². The molecule has 2 aromatic heterocycles. The van der Waals surface area contributed by atoms with Crippen LogP contribution in [-0.2, 0) is 4.79 Å². The van der Waals surface area contributed by atoms with Crippen LogP contribution in [0.4, 0.5) is 0 Å². The molecule has 0 bridgehead atoms. The van der Waals surface area contributed by atoms with E-state index in [-0.39, 0.29) is 17.1 Å². The summed E-state index contributed by atoms with van der Waals surface area (Å²) in [5.74, 6) is -1.75. The Labute approximate surface area is 124 Å². The summed E-state index contributed by atoms with van der Waals surface area (Å²) in [6, 6.07) is 1.18. The quantitative estimate of drug-likeness (QED) is 0.619. The summed E-state index contributed by atoms with van der Waals surface area (Å²) in [5.41, 5.74) is -0.728. The molecule has 3 N–H and O–H groups in total. The molecule has 0 unspecified atom stereocenters. The van der Waals surface area contributed by atoms with E-state index in [2.05, 4.69) is 15.4 Å². The lowest BCUT2D eigenvalue weighted by Crippen LogP contribution is -2.33. The molecule has 22 heavy (non-hydrogen) atoms. The van der Waals surface area contributed by atoms with Gasteiger partial charge in [-0.3, -0.25) is 19.5 Å². The number of carbonyl (C=O) groups excluding carboxylic acids is 1. The van der Waals surface area contributed by atoms with Crippen LogP contribution < -0.4 is 15.5 Å². The van der Waals surface area contributed by atoms with Crippen LogP contribution in [0.25, 0.3) is 5.65 Å². The average molecular weight is 308 g/mol. The van der Waals surface area contributed by atoms with E-state index in [1.165, 1.54) is 16.9 Å². The second-order valence-corrected chi connectivity index (χ2v) is 4.55. The van der Waals surface area contributed by atoms with Crippen LogP contribution in [0.3, 0.4) is 0 Å². The number of aromatic nitrogens is 3. The summed E-state index contributed by atoms with van der Waals surface area (Å²) < 4.78 is 6.87. The Morgan fingerprint density at radius 2 is 2.27 bits per heavy atom. The number of carbonyl (C=O) groups is 2. The number of carboxylic acids is 1. The zero-order chi connectivity index (χ0) is 16.1. The minimum atomic E-state index is -1.20. The number of amides is 1. The van der Waals surface area contributed by atoms with E-state index in [1.807, 2.05) is 6.92 Å². The maximum absolute atomic E-state index is 12.1. The van der Waals surface area contributed by atoms with Gasteiger partial charge in [0.25, 0.3) is 5.91 Å². The molecule has 9 heteroatoms. The number of nitrogens with one attached hydrogen (secondary N) is 2. The van der Waals surface area contributed by atoms with Gasteiger partial charge in [-0.2, -0.15) is 0 Å². The standard InChI is InChI=1S/C13H16N4O5/c1-2-3-4-22-9-5-8(18)11(12-15-7-16-17(9)12)13(21)14-6-10(19)20/h5,7H,2-4,6H2,1H3,(H,14,21)(H,15,16)(H,19,20). The minimum Gasteiger partial charge on any atom is -0.480 e. The van der Waals surface area contributed by atoms with Crippen molar-refractivity contribution in [2.75, 3.05) is 13.2 Å². The molecule has 2 rings (SSSR count). The average Bonchev–Trinajstić information content (AvgIpc) is 2.94. The SMILES string of the molecule is CCCCOc1cc(=O)c(C(=O)NCC(=O)O)c2nc[nH]n12. The van der Waals surface area contributed by atoms with E-state index in [4.69, 9.17) is 9.84 Å². The van der Waals surface area contributed by atoms with E-state index in [9.17, 15) is 14.4 Å². The molecular formula is C13H16N4O5. The molecule has 0 fully saturated rings. The number of hydrogen-bond acceptors (Lipinski definition) is 5. The molecule has 0 spiro atoms. The van der Waals surface area contributed by atoms with Crippen molar-refractivity contribution < 1.29 is 19.4 Å². The number of nitrogens with zero attached hydrogens (tertiary/aromatic N) is 2. The highest BCUT2D eigenvalue weighted by molar-refractivity contribution is 6.00. The Balaban J connectivity index is 2.36. The maximum atomic E-state index is 12.1. The Kier molecular flexibility index (Phi) is 4.77. The third-order valence-corrected chi connectivity index (χ3v) is 2.91. The molecule has 2 heterocycles. The van der Waals surface area contributed by atoms with Gasteiger partial charge in [0.1, 0.15) is 18.4 Å². The van der Waals surface area contributed by atoms with Crippen molar-refractivity contribution in [3.63, 3.8) is 0 Å². The molecule has 0 saturated heterocycles. The molecule has 0 saturated carbocycles. The van der Waals surface area contributed by atoms with Crippen LogP contribution in [0.2, 0.25) is 0 Å². The number of aromatic amines is 1. The Morgan fingerprint density at radius 1 is 1.50 bits per heavy atom. The normalized spacial score (nSPS) is 10.6. The van der Waals surface area contributed by atoms with Gasteiger partial charge in [0.2, 0.25) is 11.3 Å². The van der Waals surface area contributed by atoms with E-state index >= 15 is 0 Å². The number of fused-ring (bicyclic) bond motifs is 1. The zero-order valence-electron chi connectivity index (χ0n) is 12.0. The first-order chi connectivity index (χ1) is 10.5. The molecule has 0 aliphatic rings. The third-order valence-electron chi connectivity index (χ3n) is 2.91. The maximum Gasteiger partial charge on any atom is 0.322 e. The minimum absolute atomic E-state index is 0.0851. The summed E-state index contributed by atoms with van der Waals surface area (Å²) in [4.78, 5) is 38.5. The third kappa shape index (κ3) is 3.25. The van der Waals surface area contributed by atoms with Crippen LogP contribution in [0.1, 0.15) is 30.1 Å². The molecule has 9 nitrogen and oxygen atoms in total. The van der Waals surface area contributed by atoms with E-state index in [0.29, 0.717) is 6.61 Å². The zero-order valence-corrected chi connectivity index (χ0v) is 12.0. The van der Waals surface area contributed by atoms with E-state index < -0.39 is 23.9 Å². The van der Waals surface area contributed by atoms with Gasteiger partial charge in [0.15, 0.2) is 5.65 Å². The molecule has 118 valence electrons. The summed E-state index contributed by atoms with van der Waals surface area (Å²) in [7, 11) is 0. The fraction of sp³-hybridized carbons (Fsp3) is 0.385. The van der Waals surface area contributed by atoms with Gasteiger partial charge in [-0.15, -0.1) is 0 Å². The van der Waals surface area contributed by atoms with Crippen molar-refractivity contribution in [2.24, 2.45) is 0 Å². The Hall–Kier alpha value is -2.84. The van der Waals surface area contributed by atoms with Crippen molar-refractivity contribution in [3.8, 4) is 5.88 Å². The predicted molar refractivity (Wildman–Crippen MR) is 76.2 cm³/mol. The first kappa shape index (κ1) is 15.5. The highest BCUT2D eigenvalue weighted by Gasteiger charge is 2.19. The first-order valence-corrected chi connectivity index (χ1v) is 6.76.